The van der Waals surface area contributed by atoms with Crippen LogP contribution in [-0.4, -0.2) is 68.2 Å². The number of aromatic nitrogens is 2. The summed E-state index contributed by atoms with van der Waals surface area (Å²) >= 11 is 0. The number of nitrogens with zero attached hydrogens (tertiary/aromatic N) is 2. The van der Waals surface area contributed by atoms with E-state index in [1.807, 2.05) is 36.7 Å². The highest BCUT2D eigenvalue weighted by atomic mass is 16.8. The maximum absolute atomic E-state index is 11.4. The molecule has 2 aromatic rings. The molecule has 2 aliphatic heterocycles. The number of hydrogen-bond acceptors (Lipinski definition) is 9. The summed E-state index contributed by atoms with van der Waals surface area (Å²) in [6.07, 6.45) is 12.8. The molecular weight excluding hydrogens is 476 g/mol. The maximum atomic E-state index is 11.4. The summed E-state index contributed by atoms with van der Waals surface area (Å²) < 4.78 is 31.5. The Balaban J connectivity index is 1.01. The van der Waals surface area contributed by atoms with Gasteiger partial charge in [0, 0.05) is 24.6 Å². The fourth-order valence-corrected chi connectivity index (χ4v) is 3.74. The minimum Gasteiger partial charge on any atom is -0.494 e. The molecular formula is C28H38N2O7. The minimum atomic E-state index is -0.298. The van der Waals surface area contributed by atoms with E-state index in [9.17, 15) is 4.79 Å². The van der Waals surface area contributed by atoms with Crippen LogP contribution in [0.5, 0.6) is 5.75 Å². The van der Waals surface area contributed by atoms with Gasteiger partial charge in [0.1, 0.15) is 19.1 Å². The van der Waals surface area contributed by atoms with Crippen LogP contribution >= 0.6 is 0 Å². The molecule has 2 unspecified atom stereocenters. The van der Waals surface area contributed by atoms with Gasteiger partial charge in [0.15, 0.2) is 18.2 Å². The molecule has 2 atom stereocenters. The second-order valence-electron chi connectivity index (χ2n) is 9.31. The quantitative estimate of drug-likeness (QED) is 0.109. The minimum absolute atomic E-state index is 0.0445. The largest absolute Gasteiger partial charge is 0.494 e. The van der Waals surface area contributed by atoms with Crippen molar-refractivity contribution in [2.75, 3.05) is 39.8 Å². The molecule has 0 bridgehead atoms. The third kappa shape index (κ3) is 11.1. The van der Waals surface area contributed by atoms with Crippen LogP contribution < -0.4 is 4.74 Å². The van der Waals surface area contributed by atoms with Crippen molar-refractivity contribution in [1.82, 2.24) is 9.97 Å². The molecule has 2 saturated heterocycles. The van der Waals surface area contributed by atoms with Gasteiger partial charge in [-0.05, 0) is 68.4 Å². The van der Waals surface area contributed by atoms with E-state index < -0.39 is 0 Å². The van der Waals surface area contributed by atoms with Crippen molar-refractivity contribution in [3.05, 3.63) is 42.2 Å². The average Bonchev–Trinajstić information content (AvgIpc) is 3.84. The third-order valence-corrected chi connectivity index (χ3v) is 6.11. The van der Waals surface area contributed by atoms with Crippen LogP contribution in [0.3, 0.4) is 0 Å². The van der Waals surface area contributed by atoms with Crippen LogP contribution in [0.1, 0.15) is 56.9 Å². The summed E-state index contributed by atoms with van der Waals surface area (Å²) in [4.78, 5) is 20.4. The molecule has 37 heavy (non-hydrogen) atoms. The highest BCUT2D eigenvalue weighted by Gasteiger charge is 2.32. The van der Waals surface area contributed by atoms with Crippen molar-refractivity contribution in [1.29, 1.82) is 0 Å². The van der Waals surface area contributed by atoms with Crippen LogP contribution in [0.15, 0.2) is 36.7 Å². The number of rotatable bonds is 20. The summed E-state index contributed by atoms with van der Waals surface area (Å²) in [5.41, 5.74) is 2.13. The van der Waals surface area contributed by atoms with Crippen molar-refractivity contribution >= 4 is 5.97 Å². The van der Waals surface area contributed by atoms with Crippen LogP contribution in [0, 0.1) is 0 Å². The predicted molar refractivity (Wildman–Crippen MR) is 136 cm³/mol. The van der Waals surface area contributed by atoms with Crippen molar-refractivity contribution in [3.63, 3.8) is 0 Å². The Hall–Kier alpha value is -2.59. The van der Waals surface area contributed by atoms with E-state index in [2.05, 4.69) is 9.97 Å². The van der Waals surface area contributed by atoms with E-state index in [1.54, 1.807) is 0 Å². The zero-order chi connectivity index (χ0) is 25.5. The molecule has 1 aromatic carbocycles. The van der Waals surface area contributed by atoms with E-state index >= 15 is 0 Å². The van der Waals surface area contributed by atoms with Crippen molar-refractivity contribution in [2.45, 2.75) is 70.2 Å². The monoisotopic (exact) mass is 514 g/mol. The number of esters is 1. The number of benzene rings is 1. The molecule has 0 saturated carbocycles. The number of hydrogen-bond donors (Lipinski definition) is 0. The molecule has 0 aliphatic carbocycles. The summed E-state index contributed by atoms with van der Waals surface area (Å²) in [5.74, 6) is 1.35. The Morgan fingerprint density at radius 3 is 2.27 bits per heavy atom. The Bertz CT molecular complexity index is 915. The second-order valence-corrected chi connectivity index (χ2v) is 9.31. The fraction of sp³-hybridized carbons (Fsp3) is 0.607. The summed E-state index contributed by atoms with van der Waals surface area (Å²) in [6, 6.07) is 7.93. The fourth-order valence-electron chi connectivity index (χ4n) is 3.74. The molecule has 1 aromatic heterocycles. The molecule has 4 rings (SSSR count). The molecule has 0 amide bonds. The zero-order valence-corrected chi connectivity index (χ0v) is 21.5. The van der Waals surface area contributed by atoms with E-state index in [1.165, 1.54) is 0 Å². The number of ether oxygens (including phenoxy) is 6. The van der Waals surface area contributed by atoms with E-state index in [0.717, 1.165) is 80.5 Å². The lowest BCUT2D eigenvalue weighted by Crippen LogP contribution is -2.12. The molecule has 0 radical (unpaired) electrons. The molecule has 202 valence electrons. The first-order chi connectivity index (χ1) is 18.3. The number of epoxide rings is 2. The standard InChI is InChI=1S/C28H38N2O7/c31-28(25-19-35-25)34-16-7-3-1-2-5-9-22-17-29-27(30-18-22)23-10-12-24(13-11-23)33-15-8-4-6-14-32-21-37-26-20-36-26/h10-13,17-18,25-26H,1-9,14-16,19-21H2. The van der Waals surface area contributed by atoms with Gasteiger partial charge in [-0.2, -0.15) is 0 Å². The lowest BCUT2D eigenvalue weighted by Gasteiger charge is -2.08. The highest BCUT2D eigenvalue weighted by molar-refractivity contribution is 5.76. The van der Waals surface area contributed by atoms with Gasteiger partial charge in [0.2, 0.25) is 0 Å². The molecule has 9 nitrogen and oxygen atoms in total. The van der Waals surface area contributed by atoms with Gasteiger partial charge in [0.25, 0.3) is 0 Å². The average molecular weight is 515 g/mol. The van der Waals surface area contributed by atoms with Gasteiger partial charge in [-0.15, -0.1) is 0 Å². The highest BCUT2D eigenvalue weighted by Crippen LogP contribution is 2.20. The number of carbonyl (C=O) groups excluding carboxylic acids is 1. The van der Waals surface area contributed by atoms with E-state index in [-0.39, 0.29) is 18.4 Å². The Labute approximate surface area is 218 Å². The molecule has 2 fully saturated rings. The summed E-state index contributed by atoms with van der Waals surface area (Å²) in [6.45, 7) is 3.36. The van der Waals surface area contributed by atoms with Crippen LogP contribution in [0.2, 0.25) is 0 Å². The van der Waals surface area contributed by atoms with Crippen LogP contribution in [-0.2, 0) is 34.9 Å². The van der Waals surface area contributed by atoms with Gasteiger partial charge in [0.05, 0.1) is 19.8 Å². The van der Waals surface area contributed by atoms with Gasteiger partial charge < -0.3 is 28.4 Å². The van der Waals surface area contributed by atoms with Gasteiger partial charge >= 0.3 is 5.97 Å². The van der Waals surface area contributed by atoms with Gasteiger partial charge in [-0.1, -0.05) is 19.3 Å². The Morgan fingerprint density at radius 1 is 0.838 bits per heavy atom. The number of aryl methyl sites for hydroxylation is 1. The van der Waals surface area contributed by atoms with Crippen LogP contribution in [0.25, 0.3) is 11.4 Å². The first-order valence-electron chi connectivity index (χ1n) is 13.4. The van der Waals surface area contributed by atoms with Crippen molar-refractivity contribution < 1.29 is 33.2 Å². The molecule has 0 spiro atoms. The maximum Gasteiger partial charge on any atom is 0.337 e. The lowest BCUT2D eigenvalue weighted by atomic mass is 10.1. The van der Waals surface area contributed by atoms with Gasteiger partial charge in [-0.3, -0.25) is 0 Å². The van der Waals surface area contributed by atoms with E-state index in [0.29, 0.717) is 39.8 Å². The van der Waals surface area contributed by atoms with E-state index in [4.69, 9.17) is 28.4 Å². The molecule has 3 heterocycles. The first kappa shape index (κ1) is 27.4. The zero-order valence-electron chi connectivity index (χ0n) is 21.5. The summed E-state index contributed by atoms with van der Waals surface area (Å²) in [7, 11) is 0. The Kier molecular flexibility index (Phi) is 11.6. The third-order valence-electron chi connectivity index (χ3n) is 6.11. The topological polar surface area (TPSA) is 105 Å². The SMILES string of the molecule is O=C(OCCCCCCCc1cnc(-c2ccc(OCCCCCOCOC3CO3)cc2)nc1)C1CO1. The second kappa shape index (κ2) is 15.6. The summed E-state index contributed by atoms with van der Waals surface area (Å²) in [5, 5.41) is 0. The van der Waals surface area contributed by atoms with Crippen molar-refractivity contribution in [2.24, 2.45) is 0 Å². The van der Waals surface area contributed by atoms with Gasteiger partial charge in [-0.25, -0.2) is 14.8 Å². The predicted octanol–water partition coefficient (Wildman–Crippen LogP) is 4.47. The number of carbonyl (C=O) groups is 1. The van der Waals surface area contributed by atoms with Crippen molar-refractivity contribution in [3.8, 4) is 17.1 Å². The molecule has 9 heteroatoms. The Morgan fingerprint density at radius 2 is 1.51 bits per heavy atom. The normalized spacial score (nSPS) is 17.9. The smallest absolute Gasteiger partial charge is 0.337 e. The lowest BCUT2D eigenvalue weighted by molar-refractivity contribution is -0.145. The van der Waals surface area contributed by atoms with Crippen LogP contribution in [0.4, 0.5) is 0 Å². The first-order valence-corrected chi connectivity index (χ1v) is 13.4. The molecule has 2 aliphatic rings. The molecule has 0 N–H and O–H groups in total. The number of unbranched alkanes of at least 4 members (excludes halogenated alkanes) is 6.